The Morgan fingerprint density at radius 3 is 2.27 bits per heavy atom. The molecule has 0 radical (unpaired) electrons. The van der Waals surface area contributed by atoms with Gasteiger partial charge in [-0.15, -0.1) is 23.7 Å². The number of carbonyl (C=O) groups is 1. The van der Waals surface area contributed by atoms with Crippen LogP contribution in [0, 0.1) is 6.92 Å². The number of thiophene rings is 1. The third-order valence-electron chi connectivity index (χ3n) is 3.58. The van der Waals surface area contributed by atoms with Crippen LogP contribution in [-0.4, -0.2) is 12.5 Å². The first-order chi connectivity index (χ1) is 9.99. The van der Waals surface area contributed by atoms with Crippen LogP contribution in [0.2, 0.25) is 0 Å². The van der Waals surface area contributed by atoms with Gasteiger partial charge in [-0.1, -0.05) is 38.1 Å². The average molecular weight is 339 g/mol. The molecule has 1 atom stereocenters. The molecule has 0 fully saturated rings. The normalized spacial score (nSPS) is 11.9. The molecular formula is C17H23ClN2OS. The van der Waals surface area contributed by atoms with Crippen LogP contribution >= 0.6 is 23.7 Å². The molecule has 0 saturated heterocycles. The molecule has 2 rings (SSSR count). The molecule has 1 aromatic carbocycles. The van der Waals surface area contributed by atoms with Crippen LogP contribution < -0.4 is 11.1 Å². The molecule has 22 heavy (non-hydrogen) atoms. The van der Waals surface area contributed by atoms with Crippen LogP contribution in [0.1, 0.15) is 52.2 Å². The lowest BCUT2D eigenvalue weighted by Crippen LogP contribution is -2.31. The van der Waals surface area contributed by atoms with Crippen molar-refractivity contribution in [2.75, 3.05) is 6.54 Å². The Balaban J connectivity index is 0.00000242. The molecule has 1 unspecified atom stereocenters. The van der Waals surface area contributed by atoms with Gasteiger partial charge in [0.25, 0.3) is 5.91 Å². The summed E-state index contributed by atoms with van der Waals surface area (Å²) in [5.41, 5.74) is 9.50. The van der Waals surface area contributed by atoms with Gasteiger partial charge in [0, 0.05) is 12.6 Å². The molecule has 0 saturated carbocycles. The lowest BCUT2D eigenvalue weighted by atomic mass is 9.99. The number of nitrogens with one attached hydrogen (secondary N) is 1. The second-order valence-electron chi connectivity index (χ2n) is 5.57. The first-order valence-corrected chi connectivity index (χ1v) is 8.04. The number of hydrogen-bond donors (Lipinski definition) is 2. The van der Waals surface area contributed by atoms with E-state index in [0.717, 1.165) is 16.0 Å². The first kappa shape index (κ1) is 18.7. The van der Waals surface area contributed by atoms with Crippen molar-refractivity contribution < 1.29 is 4.79 Å². The van der Waals surface area contributed by atoms with E-state index in [-0.39, 0.29) is 24.4 Å². The van der Waals surface area contributed by atoms with E-state index in [1.54, 1.807) is 0 Å². The summed E-state index contributed by atoms with van der Waals surface area (Å²) in [7, 11) is 0. The summed E-state index contributed by atoms with van der Waals surface area (Å²) in [6.07, 6.45) is 0. The van der Waals surface area contributed by atoms with Gasteiger partial charge in [-0.3, -0.25) is 4.79 Å². The minimum atomic E-state index is -0.185. The molecule has 120 valence electrons. The van der Waals surface area contributed by atoms with Gasteiger partial charge < -0.3 is 11.1 Å². The predicted octanol–water partition coefficient (Wildman–Crippen LogP) is 4.03. The molecule has 0 aliphatic carbocycles. The number of aryl methyl sites for hydroxylation is 1. The molecule has 1 amide bonds. The third kappa shape index (κ3) is 4.57. The molecule has 3 N–H and O–H groups in total. The van der Waals surface area contributed by atoms with E-state index >= 15 is 0 Å². The van der Waals surface area contributed by atoms with Crippen LogP contribution in [0.3, 0.4) is 0 Å². The predicted molar refractivity (Wildman–Crippen MR) is 96.1 cm³/mol. The SMILES string of the molecule is Cc1ccsc1C(=O)NCC(N)c1ccc(C(C)C)cc1.Cl. The Morgan fingerprint density at radius 2 is 1.77 bits per heavy atom. The number of nitrogens with two attached hydrogens (primary N) is 1. The number of amides is 1. The van der Waals surface area contributed by atoms with Crippen molar-refractivity contribution in [2.24, 2.45) is 5.73 Å². The van der Waals surface area contributed by atoms with E-state index in [0.29, 0.717) is 12.5 Å². The topological polar surface area (TPSA) is 55.1 Å². The van der Waals surface area contributed by atoms with Crippen molar-refractivity contribution in [1.82, 2.24) is 5.32 Å². The van der Waals surface area contributed by atoms with Crippen molar-refractivity contribution in [2.45, 2.75) is 32.7 Å². The minimum absolute atomic E-state index is 0. The Morgan fingerprint density at radius 1 is 1.18 bits per heavy atom. The lowest BCUT2D eigenvalue weighted by molar-refractivity contribution is 0.0954. The fourth-order valence-electron chi connectivity index (χ4n) is 2.13. The lowest BCUT2D eigenvalue weighted by Gasteiger charge is -2.14. The maximum atomic E-state index is 12.0. The second-order valence-corrected chi connectivity index (χ2v) is 6.49. The van der Waals surface area contributed by atoms with E-state index in [4.69, 9.17) is 5.73 Å². The van der Waals surface area contributed by atoms with E-state index in [9.17, 15) is 4.79 Å². The van der Waals surface area contributed by atoms with Gasteiger partial charge in [-0.05, 0) is 41.0 Å². The number of halogens is 1. The molecule has 1 aromatic heterocycles. The fraction of sp³-hybridized carbons (Fsp3) is 0.353. The summed E-state index contributed by atoms with van der Waals surface area (Å²) in [5.74, 6) is 0.466. The summed E-state index contributed by atoms with van der Waals surface area (Å²) in [6, 6.07) is 10.1. The van der Waals surface area contributed by atoms with Crippen molar-refractivity contribution in [3.8, 4) is 0 Å². The largest absolute Gasteiger partial charge is 0.349 e. The highest BCUT2D eigenvalue weighted by Crippen LogP contribution is 2.18. The summed E-state index contributed by atoms with van der Waals surface area (Å²) in [5, 5.41) is 4.83. The molecular weight excluding hydrogens is 316 g/mol. The molecule has 3 nitrogen and oxygen atoms in total. The summed E-state index contributed by atoms with van der Waals surface area (Å²) < 4.78 is 0. The zero-order valence-corrected chi connectivity index (χ0v) is 14.8. The van der Waals surface area contributed by atoms with Crippen LogP contribution in [-0.2, 0) is 0 Å². The third-order valence-corrected chi connectivity index (χ3v) is 4.60. The van der Waals surface area contributed by atoms with E-state index in [1.807, 2.05) is 30.5 Å². The van der Waals surface area contributed by atoms with Gasteiger partial charge in [-0.25, -0.2) is 0 Å². The van der Waals surface area contributed by atoms with Gasteiger partial charge in [-0.2, -0.15) is 0 Å². The van der Waals surface area contributed by atoms with Crippen LogP contribution in [0.15, 0.2) is 35.7 Å². The van der Waals surface area contributed by atoms with Crippen LogP contribution in [0.25, 0.3) is 0 Å². The van der Waals surface area contributed by atoms with Crippen LogP contribution in [0.4, 0.5) is 0 Å². The highest BCUT2D eigenvalue weighted by Gasteiger charge is 2.12. The quantitative estimate of drug-likeness (QED) is 0.864. The van der Waals surface area contributed by atoms with Gasteiger partial charge in [0.2, 0.25) is 0 Å². The summed E-state index contributed by atoms with van der Waals surface area (Å²) in [6.45, 7) is 6.71. The molecule has 0 aliphatic heterocycles. The summed E-state index contributed by atoms with van der Waals surface area (Å²) >= 11 is 1.46. The molecule has 2 aromatic rings. The minimum Gasteiger partial charge on any atom is -0.349 e. The zero-order valence-electron chi connectivity index (χ0n) is 13.1. The van der Waals surface area contributed by atoms with Crippen molar-refractivity contribution in [3.05, 3.63) is 57.3 Å². The van der Waals surface area contributed by atoms with Gasteiger partial charge in [0.15, 0.2) is 0 Å². The molecule has 1 heterocycles. The highest BCUT2D eigenvalue weighted by atomic mass is 35.5. The summed E-state index contributed by atoms with van der Waals surface area (Å²) in [4.78, 5) is 12.8. The van der Waals surface area contributed by atoms with E-state index < -0.39 is 0 Å². The standard InChI is InChI=1S/C17H22N2OS.ClH/c1-11(2)13-4-6-14(7-5-13)15(18)10-19-17(20)16-12(3)8-9-21-16;/h4-9,11,15H,10,18H2,1-3H3,(H,19,20);1H. The van der Waals surface area contributed by atoms with Crippen molar-refractivity contribution in [1.29, 1.82) is 0 Å². The van der Waals surface area contributed by atoms with Crippen molar-refractivity contribution >= 4 is 29.7 Å². The Hall–Kier alpha value is -1.36. The van der Waals surface area contributed by atoms with Gasteiger partial charge in [0.05, 0.1) is 4.88 Å². The van der Waals surface area contributed by atoms with Crippen LogP contribution in [0.5, 0.6) is 0 Å². The Labute approximate surface area is 142 Å². The number of hydrogen-bond acceptors (Lipinski definition) is 3. The zero-order chi connectivity index (χ0) is 15.4. The second kappa shape index (κ2) is 8.32. The maximum absolute atomic E-state index is 12.0. The fourth-order valence-corrected chi connectivity index (χ4v) is 2.98. The number of carbonyl (C=O) groups excluding carboxylic acids is 1. The van der Waals surface area contributed by atoms with E-state index in [1.165, 1.54) is 16.9 Å². The first-order valence-electron chi connectivity index (χ1n) is 7.16. The Bertz CT molecular complexity index is 607. The smallest absolute Gasteiger partial charge is 0.261 e. The van der Waals surface area contributed by atoms with Crippen molar-refractivity contribution in [3.63, 3.8) is 0 Å². The van der Waals surface area contributed by atoms with Gasteiger partial charge in [0.1, 0.15) is 0 Å². The highest BCUT2D eigenvalue weighted by molar-refractivity contribution is 7.12. The monoisotopic (exact) mass is 338 g/mol. The van der Waals surface area contributed by atoms with E-state index in [2.05, 4.69) is 31.3 Å². The molecule has 0 spiro atoms. The maximum Gasteiger partial charge on any atom is 0.261 e. The molecule has 0 aliphatic rings. The number of benzene rings is 1. The molecule has 5 heteroatoms. The molecule has 0 bridgehead atoms. The average Bonchev–Trinajstić information content (AvgIpc) is 2.90. The van der Waals surface area contributed by atoms with Gasteiger partial charge >= 0.3 is 0 Å². The Kier molecular flexibility index (Phi) is 7.07. The number of rotatable bonds is 5.